The zero-order valence-corrected chi connectivity index (χ0v) is 20.2. The summed E-state index contributed by atoms with van der Waals surface area (Å²) in [5.74, 6) is -1.26. The van der Waals surface area contributed by atoms with Gasteiger partial charge in [-0.1, -0.05) is 41.4 Å². The lowest BCUT2D eigenvalue weighted by Crippen LogP contribution is -2.14. The summed E-state index contributed by atoms with van der Waals surface area (Å²) in [4.78, 5) is 39.3. The van der Waals surface area contributed by atoms with Crippen LogP contribution >= 0.6 is 23.2 Å². The molecular weight excluding hydrogens is 465 g/mol. The number of H-pyrrole nitrogens is 1. The first-order valence-electron chi connectivity index (χ1n) is 10.1. The summed E-state index contributed by atoms with van der Waals surface area (Å²) in [5.41, 5.74) is 3.94. The topological polar surface area (TPSA) is 94.0 Å². The first-order valence-corrected chi connectivity index (χ1v) is 10.9. The Kier molecular flexibility index (Phi) is 7.56. The predicted octanol–water partition coefficient (Wildman–Crippen LogP) is 5.13. The van der Waals surface area contributed by atoms with Crippen molar-refractivity contribution in [3.63, 3.8) is 0 Å². The maximum atomic E-state index is 12.5. The van der Waals surface area contributed by atoms with Crippen LogP contribution in [0, 0.1) is 20.8 Å². The number of hydrogen-bond acceptors (Lipinski definition) is 5. The minimum absolute atomic E-state index is 0.137. The van der Waals surface area contributed by atoms with Gasteiger partial charge in [0.2, 0.25) is 5.78 Å². The summed E-state index contributed by atoms with van der Waals surface area (Å²) in [6.07, 6.45) is 2.69. The third-order valence-electron chi connectivity index (χ3n) is 5.19. The second kappa shape index (κ2) is 10.2. The van der Waals surface area contributed by atoms with Crippen LogP contribution in [0.15, 0.2) is 30.3 Å². The number of nitrogens with zero attached hydrogens (tertiary/aromatic N) is 2. The fraction of sp³-hybridized carbons (Fsp3) is 0.250. The number of aryl methyl sites for hydroxylation is 2. The molecule has 1 N–H and O–H groups in total. The molecule has 0 unspecified atom stereocenters. The minimum Gasteiger partial charge on any atom is -0.454 e. The molecule has 0 saturated carbocycles. The smallest absolute Gasteiger partial charge is 0.331 e. The largest absolute Gasteiger partial charge is 0.454 e. The lowest BCUT2D eigenvalue weighted by molar-refractivity contribution is -0.136. The third kappa shape index (κ3) is 5.43. The fourth-order valence-electron chi connectivity index (χ4n) is 3.61. The van der Waals surface area contributed by atoms with Gasteiger partial charge in [0.05, 0.1) is 17.9 Å². The molecule has 0 atom stereocenters. The molecule has 0 amide bonds. The number of nitrogens with one attached hydrogen (secondary N) is 1. The summed E-state index contributed by atoms with van der Waals surface area (Å²) in [6, 6.07) is 7.38. The number of esters is 1. The van der Waals surface area contributed by atoms with Gasteiger partial charge in [-0.2, -0.15) is 5.10 Å². The van der Waals surface area contributed by atoms with E-state index >= 15 is 0 Å². The van der Waals surface area contributed by atoms with E-state index in [2.05, 4.69) is 10.1 Å². The molecule has 33 heavy (non-hydrogen) atoms. The minimum atomic E-state index is -0.703. The molecule has 9 heteroatoms. The summed E-state index contributed by atoms with van der Waals surface area (Å²) in [7, 11) is 0. The Bertz CT molecular complexity index is 1270. The summed E-state index contributed by atoms with van der Waals surface area (Å²) in [6.45, 7) is 6.52. The molecule has 0 aliphatic rings. The molecular formula is C24H23Cl2N3O4. The number of aromatic nitrogens is 3. The van der Waals surface area contributed by atoms with E-state index in [9.17, 15) is 14.4 Å². The number of rotatable bonds is 8. The van der Waals surface area contributed by atoms with E-state index in [1.54, 1.807) is 31.5 Å². The highest BCUT2D eigenvalue weighted by Gasteiger charge is 2.20. The van der Waals surface area contributed by atoms with Gasteiger partial charge in [0.25, 0.3) is 0 Å². The Hall–Kier alpha value is -3.16. The molecule has 0 saturated heterocycles. The van der Waals surface area contributed by atoms with Crippen LogP contribution in [0.25, 0.3) is 6.08 Å². The zero-order valence-electron chi connectivity index (χ0n) is 18.7. The molecule has 0 spiro atoms. The van der Waals surface area contributed by atoms with Crippen LogP contribution in [0.2, 0.25) is 10.2 Å². The normalized spacial score (nSPS) is 11.2. The summed E-state index contributed by atoms with van der Waals surface area (Å²) >= 11 is 12.7. The lowest BCUT2D eigenvalue weighted by Gasteiger charge is -2.05. The van der Waals surface area contributed by atoms with E-state index in [1.807, 2.05) is 18.2 Å². The monoisotopic (exact) mass is 487 g/mol. The average Bonchev–Trinajstić information content (AvgIpc) is 3.20. The van der Waals surface area contributed by atoms with Crippen LogP contribution in [-0.4, -0.2) is 38.9 Å². The molecule has 2 aromatic heterocycles. The van der Waals surface area contributed by atoms with E-state index in [0.29, 0.717) is 44.8 Å². The van der Waals surface area contributed by atoms with Gasteiger partial charge in [-0.05, 0) is 51.0 Å². The molecule has 0 aliphatic heterocycles. The van der Waals surface area contributed by atoms with Gasteiger partial charge in [-0.15, -0.1) is 0 Å². The van der Waals surface area contributed by atoms with Crippen LogP contribution in [-0.2, 0) is 16.1 Å². The number of aromatic amines is 1. The van der Waals surface area contributed by atoms with E-state index in [0.717, 1.165) is 5.56 Å². The molecule has 1 aromatic carbocycles. The van der Waals surface area contributed by atoms with Crippen LogP contribution in [0.3, 0.4) is 0 Å². The van der Waals surface area contributed by atoms with Crippen molar-refractivity contribution in [1.29, 1.82) is 0 Å². The van der Waals surface area contributed by atoms with Crippen LogP contribution in [0.4, 0.5) is 0 Å². The van der Waals surface area contributed by atoms with Crippen molar-refractivity contribution in [2.45, 2.75) is 34.2 Å². The highest BCUT2D eigenvalue weighted by atomic mass is 35.5. The predicted molar refractivity (Wildman–Crippen MR) is 127 cm³/mol. The second-order valence-electron chi connectivity index (χ2n) is 7.58. The van der Waals surface area contributed by atoms with Gasteiger partial charge < -0.3 is 9.72 Å². The third-order valence-corrected chi connectivity index (χ3v) is 5.95. The Morgan fingerprint density at radius 3 is 2.48 bits per heavy atom. The number of carbonyl (C=O) groups excluding carboxylic acids is 3. The van der Waals surface area contributed by atoms with Crippen molar-refractivity contribution >= 4 is 46.8 Å². The van der Waals surface area contributed by atoms with E-state index < -0.39 is 18.4 Å². The number of hydrogen-bond donors (Lipinski definition) is 1. The van der Waals surface area contributed by atoms with E-state index in [-0.39, 0.29) is 11.5 Å². The highest BCUT2D eigenvalue weighted by molar-refractivity contribution is 6.32. The van der Waals surface area contributed by atoms with Gasteiger partial charge in [0, 0.05) is 27.9 Å². The Balaban J connectivity index is 1.66. The zero-order chi connectivity index (χ0) is 24.3. The van der Waals surface area contributed by atoms with E-state index in [1.165, 1.54) is 19.1 Å². The molecule has 3 aromatic rings. The summed E-state index contributed by atoms with van der Waals surface area (Å²) in [5, 5.41) is 5.37. The number of carbonyl (C=O) groups is 3. The molecule has 3 rings (SSSR count). The molecule has 0 aliphatic carbocycles. The molecule has 172 valence electrons. The van der Waals surface area contributed by atoms with Crippen molar-refractivity contribution in [2.24, 2.45) is 0 Å². The van der Waals surface area contributed by atoms with Crippen LogP contribution in [0.5, 0.6) is 0 Å². The van der Waals surface area contributed by atoms with Crippen molar-refractivity contribution in [2.75, 3.05) is 6.61 Å². The number of Topliss-reactive ketones (excluding diaryl/α,β-unsaturated/α-hetero) is 2. The maximum Gasteiger partial charge on any atom is 0.331 e. The van der Waals surface area contributed by atoms with Gasteiger partial charge in [0.1, 0.15) is 5.15 Å². The Morgan fingerprint density at radius 2 is 1.85 bits per heavy atom. The second-order valence-corrected chi connectivity index (χ2v) is 8.35. The molecule has 2 heterocycles. The van der Waals surface area contributed by atoms with Crippen molar-refractivity contribution < 1.29 is 19.1 Å². The van der Waals surface area contributed by atoms with Gasteiger partial charge in [-0.3, -0.25) is 9.59 Å². The van der Waals surface area contributed by atoms with Gasteiger partial charge in [0.15, 0.2) is 12.4 Å². The number of benzene rings is 1. The van der Waals surface area contributed by atoms with E-state index in [4.69, 9.17) is 27.9 Å². The Labute approximate surface area is 201 Å². The Morgan fingerprint density at radius 1 is 1.15 bits per heavy atom. The molecule has 0 fully saturated rings. The average molecular weight is 488 g/mol. The molecule has 0 radical (unpaired) electrons. The molecule has 0 bridgehead atoms. The standard InChI is InChI=1S/C24H23Cl2N3O4/c1-13-22(16(4)30)15(3)27-23(13)20(31)12-33-21(32)10-9-18-14(2)28-29(24(18)26)11-17-7-5-6-8-19(17)25/h5-10,27H,11-12H2,1-4H3. The first-order chi connectivity index (χ1) is 15.6. The van der Waals surface area contributed by atoms with Crippen LogP contribution in [0.1, 0.15) is 55.8 Å². The van der Waals surface area contributed by atoms with Crippen LogP contribution < -0.4 is 0 Å². The fourth-order valence-corrected chi connectivity index (χ4v) is 4.11. The number of ketones is 2. The van der Waals surface area contributed by atoms with Crippen molar-refractivity contribution in [3.05, 3.63) is 79.9 Å². The van der Waals surface area contributed by atoms with Gasteiger partial charge in [-0.25, -0.2) is 9.48 Å². The summed E-state index contributed by atoms with van der Waals surface area (Å²) < 4.78 is 6.67. The maximum absolute atomic E-state index is 12.5. The van der Waals surface area contributed by atoms with Crippen molar-refractivity contribution in [1.82, 2.24) is 14.8 Å². The SMILES string of the molecule is CC(=O)c1c(C)[nH]c(C(=O)COC(=O)C=Cc2c(C)nn(Cc3ccccc3Cl)c2Cl)c1C. The first kappa shape index (κ1) is 24.5. The van der Waals surface area contributed by atoms with Gasteiger partial charge >= 0.3 is 5.97 Å². The van der Waals surface area contributed by atoms with Crippen molar-refractivity contribution in [3.8, 4) is 0 Å². The number of ether oxygens (including phenoxy) is 1. The quantitative estimate of drug-likeness (QED) is 0.270. The highest BCUT2D eigenvalue weighted by Crippen LogP contribution is 2.24. The molecule has 7 nitrogen and oxygen atoms in total. The number of halogens is 2. The lowest BCUT2D eigenvalue weighted by atomic mass is 10.1.